The quantitative estimate of drug-likeness (QED) is 0.170. The molecular formula is C52H32N4S. The van der Waals surface area contributed by atoms with Gasteiger partial charge in [-0.05, 0) is 46.5 Å². The summed E-state index contributed by atoms with van der Waals surface area (Å²) in [5.74, 6) is 1.45. The monoisotopic (exact) mass is 744 g/mol. The first-order valence-electron chi connectivity index (χ1n) is 19.0. The molecule has 0 radical (unpaired) electrons. The molecule has 8 aromatic carbocycles. The maximum absolute atomic E-state index is 5.09. The predicted octanol–water partition coefficient (Wildman–Crippen LogP) is 13.9. The molecule has 266 valence electrons. The van der Waals surface area contributed by atoms with Crippen molar-refractivity contribution in [1.29, 1.82) is 0 Å². The molecule has 57 heavy (non-hydrogen) atoms. The fourth-order valence-electron chi connectivity index (χ4n) is 7.86. The molecule has 3 aromatic heterocycles. The van der Waals surface area contributed by atoms with Crippen molar-refractivity contribution in [3.8, 4) is 67.5 Å². The lowest BCUT2D eigenvalue weighted by Gasteiger charge is -2.10. The van der Waals surface area contributed by atoms with Crippen molar-refractivity contribution in [2.75, 3.05) is 0 Å². The van der Waals surface area contributed by atoms with E-state index in [1.165, 1.54) is 36.9 Å². The Morgan fingerprint density at radius 2 is 0.772 bits per heavy atom. The van der Waals surface area contributed by atoms with E-state index in [1.807, 2.05) is 47.7 Å². The van der Waals surface area contributed by atoms with Crippen LogP contribution in [0, 0.1) is 0 Å². The summed E-state index contributed by atoms with van der Waals surface area (Å²) in [6.07, 6.45) is 0. The largest absolute Gasteiger partial charge is 0.228 e. The van der Waals surface area contributed by atoms with E-state index in [4.69, 9.17) is 19.9 Å². The number of hydrogen-bond acceptors (Lipinski definition) is 5. The summed E-state index contributed by atoms with van der Waals surface area (Å²) in [4.78, 5) is 20.1. The fraction of sp³-hybridized carbons (Fsp3) is 0. The van der Waals surface area contributed by atoms with Crippen LogP contribution in [0.25, 0.3) is 110 Å². The van der Waals surface area contributed by atoms with Gasteiger partial charge in [0.05, 0.1) is 22.4 Å². The number of aromatic nitrogens is 4. The number of rotatable bonds is 6. The zero-order chi connectivity index (χ0) is 37.7. The Kier molecular flexibility index (Phi) is 7.97. The minimum atomic E-state index is 0.723. The van der Waals surface area contributed by atoms with E-state index in [0.29, 0.717) is 0 Å². The van der Waals surface area contributed by atoms with Gasteiger partial charge in [0.15, 0.2) is 11.6 Å². The summed E-state index contributed by atoms with van der Waals surface area (Å²) >= 11 is 1.85. The molecule has 0 N–H and O–H groups in total. The minimum absolute atomic E-state index is 0.723. The van der Waals surface area contributed by atoms with Gasteiger partial charge in [0, 0.05) is 53.2 Å². The summed E-state index contributed by atoms with van der Waals surface area (Å²) in [5, 5.41) is 4.62. The van der Waals surface area contributed by atoms with Crippen molar-refractivity contribution >= 4 is 53.3 Å². The highest BCUT2D eigenvalue weighted by Gasteiger charge is 2.15. The molecule has 5 heteroatoms. The maximum Gasteiger partial charge on any atom is 0.160 e. The molecule has 0 saturated carbocycles. The molecule has 0 saturated heterocycles. The van der Waals surface area contributed by atoms with E-state index in [2.05, 4.69) is 158 Å². The standard InChI is InChI=1S/C52H32N4S/c1-3-12-35(13-4-1)48-42-16-7-9-20-45(42)53-51(55-48)37-26-22-33(23-27-37)39-30-31-47-44(32-39)41-19-11-18-40(50(41)57-47)34-24-28-38(29-25-34)52-54-46-21-10-8-17-43(46)49(56-52)36-14-5-2-6-15-36/h1-32H. The van der Waals surface area contributed by atoms with Crippen molar-refractivity contribution in [2.24, 2.45) is 0 Å². The number of hydrogen-bond donors (Lipinski definition) is 0. The lowest BCUT2D eigenvalue weighted by atomic mass is 9.99. The maximum atomic E-state index is 5.09. The van der Waals surface area contributed by atoms with E-state index in [9.17, 15) is 0 Å². The van der Waals surface area contributed by atoms with Crippen molar-refractivity contribution in [3.63, 3.8) is 0 Å². The number of thiophene rings is 1. The molecule has 0 spiro atoms. The van der Waals surface area contributed by atoms with Crippen LogP contribution in [-0.4, -0.2) is 19.9 Å². The molecule has 4 nitrogen and oxygen atoms in total. The topological polar surface area (TPSA) is 51.6 Å². The van der Waals surface area contributed by atoms with Gasteiger partial charge in [-0.2, -0.15) is 0 Å². The molecule has 0 bridgehead atoms. The molecule has 0 unspecified atom stereocenters. The Hall–Kier alpha value is -7.34. The highest BCUT2D eigenvalue weighted by atomic mass is 32.1. The Morgan fingerprint density at radius 1 is 0.298 bits per heavy atom. The molecule has 0 fully saturated rings. The van der Waals surface area contributed by atoms with Crippen LogP contribution in [-0.2, 0) is 0 Å². The third-order valence-electron chi connectivity index (χ3n) is 10.7. The van der Waals surface area contributed by atoms with E-state index in [-0.39, 0.29) is 0 Å². The van der Waals surface area contributed by atoms with Crippen LogP contribution in [0.3, 0.4) is 0 Å². The summed E-state index contributed by atoms with van der Waals surface area (Å²) in [6.45, 7) is 0. The SMILES string of the molecule is c1ccc(-c2nc(-c3ccc(-c4ccc5sc6c(-c7ccc(-c8nc(-c9ccccc9)c9ccccc9n8)cc7)cccc6c5c4)cc3)nc3ccccc23)cc1. The minimum Gasteiger partial charge on any atom is -0.228 e. The Balaban J connectivity index is 0.919. The zero-order valence-electron chi connectivity index (χ0n) is 30.7. The first kappa shape index (κ1) is 33.0. The molecule has 0 amide bonds. The van der Waals surface area contributed by atoms with Gasteiger partial charge in [0.1, 0.15) is 0 Å². The van der Waals surface area contributed by atoms with Crippen LogP contribution in [0.1, 0.15) is 0 Å². The smallest absolute Gasteiger partial charge is 0.160 e. The van der Waals surface area contributed by atoms with Gasteiger partial charge in [0.2, 0.25) is 0 Å². The van der Waals surface area contributed by atoms with Gasteiger partial charge in [-0.15, -0.1) is 11.3 Å². The molecule has 11 aromatic rings. The van der Waals surface area contributed by atoms with Gasteiger partial charge in [-0.25, -0.2) is 19.9 Å². The van der Waals surface area contributed by atoms with Crippen molar-refractivity contribution < 1.29 is 0 Å². The van der Waals surface area contributed by atoms with E-state index >= 15 is 0 Å². The number of nitrogens with zero attached hydrogens (tertiary/aromatic N) is 4. The molecule has 0 aliphatic rings. The fourth-order valence-corrected chi connectivity index (χ4v) is 9.08. The van der Waals surface area contributed by atoms with Gasteiger partial charge in [-0.1, -0.05) is 170 Å². The lowest BCUT2D eigenvalue weighted by molar-refractivity contribution is 1.23. The van der Waals surface area contributed by atoms with Gasteiger partial charge < -0.3 is 0 Å². The molecule has 3 heterocycles. The second kappa shape index (κ2) is 13.7. The summed E-state index contributed by atoms with van der Waals surface area (Å²) in [6, 6.07) is 68.0. The third kappa shape index (κ3) is 5.93. The summed E-state index contributed by atoms with van der Waals surface area (Å²) < 4.78 is 2.55. The average Bonchev–Trinajstić information content (AvgIpc) is 3.67. The number of fused-ring (bicyclic) bond motifs is 5. The van der Waals surface area contributed by atoms with Crippen LogP contribution < -0.4 is 0 Å². The van der Waals surface area contributed by atoms with Crippen molar-refractivity contribution in [2.45, 2.75) is 0 Å². The van der Waals surface area contributed by atoms with Crippen LogP contribution in [0.4, 0.5) is 0 Å². The highest BCUT2D eigenvalue weighted by molar-refractivity contribution is 7.26. The first-order valence-corrected chi connectivity index (χ1v) is 19.9. The average molecular weight is 745 g/mol. The van der Waals surface area contributed by atoms with Crippen molar-refractivity contribution in [1.82, 2.24) is 19.9 Å². The Bertz CT molecular complexity index is 3270. The van der Waals surface area contributed by atoms with Crippen LogP contribution in [0.2, 0.25) is 0 Å². The van der Waals surface area contributed by atoms with E-state index in [1.54, 1.807) is 0 Å². The normalized spacial score (nSPS) is 11.5. The van der Waals surface area contributed by atoms with Crippen LogP contribution in [0.15, 0.2) is 194 Å². The predicted molar refractivity (Wildman–Crippen MR) is 238 cm³/mol. The number of benzene rings is 8. The number of para-hydroxylation sites is 2. The first-order chi connectivity index (χ1) is 28.2. The summed E-state index contributed by atoms with van der Waals surface area (Å²) in [5.41, 5.74) is 12.6. The van der Waals surface area contributed by atoms with E-state index < -0.39 is 0 Å². The Labute approximate surface area is 333 Å². The van der Waals surface area contributed by atoms with Gasteiger partial charge >= 0.3 is 0 Å². The second-order valence-corrected chi connectivity index (χ2v) is 15.3. The molecular weight excluding hydrogens is 713 g/mol. The molecule has 0 aliphatic heterocycles. The van der Waals surface area contributed by atoms with Gasteiger partial charge in [0.25, 0.3) is 0 Å². The highest BCUT2D eigenvalue weighted by Crippen LogP contribution is 2.42. The van der Waals surface area contributed by atoms with Gasteiger partial charge in [-0.3, -0.25) is 0 Å². The second-order valence-electron chi connectivity index (χ2n) is 14.2. The molecule has 11 rings (SSSR count). The van der Waals surface area contributed by atoms with E-state index in [0.717, 1.165) is 72.7 Å². The summed E-state index contributed by atoms with van der Waals surface area (Å²) in [7, 11) is 0. The zero-order valence-corrected chi connectivity index (χ0v) is 31.5. The van der Waals surface area contributed by atoms with Crippen LogP contribution >= 0.6 is 11.3 Å². The van der Waals surface area contributed by atoms with Crippen LogP contribution in [0.5, 0.6) is 0 Å². The molecule has 0 atom stereocenters. The molecule has 0 aliphatic carbocycles. The lowest BCUT2D eigenvalue weighted by Crippen LogP contribution is -1.95. The van der Waals surface area contributed by atoms with Crippen molar-refractivity contribution in [3.05, 3.63) is 194 Å². The third-order valence-corrected chi connectivity index (χ3v) is 11.9. The Morgan fingerprint density at radius 3 is 1.35 bits per heavy atom.